The first-order valence-corrected chi connectivity index (χ1v) is 11.6. The first-order chi connectivity index (χ1) is 15.0. The normalized spacial score (nSPS) is 16.7. The van der Waals surface area contributed by atoms with E-state index >= 15 is 0 Å². The van der Waals surface area contributed by atoms with E-state index in [0.29, 0.717) is 6.42 Å². The van der Waals surface area contributed by atoms with Crippen LogP contribution < -0.4 is 9.46 Å². The van der Waals surface area contributed by atoms with Crippen LogP contribution in [0.3, 0.4) is 0 Å². The summed E-state index contributed by atoms with van der Waals surface area (Å²) < 4.78 is 73.7. The van der Waals surface area contributed by atoms with Crippen LogP contribution in [0.25, 0.3) is 11.0 Å². The maximum atomic E-state index is 13.9. The average Bonchev–Trinajstić information content (AvgIpc) is 2.71. The number of likely N-dealkylation sites (tertiary alicyclic amines) is 1. The lowest BCUT2D eigenvalue weighted by molar-refractivity contribution is -0.214. The molecule has 1 unspecified atom stereocenters. The van der Waals surface area contributed by atoms with Crippen molar-refractivity contribution in [2.75, 3.05) is 23.6 Å². The van der Waals surface area contributed by atoms with E-state index in [0.717, 1.165) is 4.90 Å². The molecule has 32 heavy (non-hydrogen) atoms. The van der Waals surface area contributed by atoms with Gasteiger partial charge in [-0.15, -0.1) is 0 Å². The fourth-order valence-corrected chi connectivity index (χ4v) is 4.61. The Morgan fingerprint density at radius 3 is 2.38 bits per heavy atom. The summed E-state index contributed by atoms with van der Waals surface area (Å²) >= 11 is 0. The quantitative estimate of drug-likeness (QED) is 0.627. The molecule has 176 valence electrons. The molecule has 2 aromatic rings. The summed E-state index contributed by atoms with van der Waals surface area (Å²) in [4.78, 5) is 20.3. The smallest absolute Gasteiger partial charge is 0.425 e. The number of carbonyl (C=O) groups is 1. The van der Waals surface area contributed by atoms with Crippen LogP contribution in [0.15, 0.2) is 24.3 Å². The highest BCUT2D eigenvalue weighted by atomic mass is 32.2. The van der Waals surface area contributed by atoms with E-state index in [2.05, 4.69) is 14.7 Å². The Labute approximate surface area is 182 Å². The number of amides is 1. The molecule has 3 rings (SSSR count). The van der Waals surface area contributed by atoms with Crippen LogP contribution >= 0.6 is 0 Å². The van der Waals surface area contributed by atoms with Gasteiger partial charge in [0.2, 0.25) is 15.8 Å². The molecule has 1 aliphatic heterocycles. The van der Waals surface area contributed by atoms with Crippen molar-refractivity contribution in [3.63, 3.8) is 0 Å². The van der Waals surface area contributed by atoms with Crippen molar-refractivity contribution in [3.8, 4) is 5.88 Å². The second-order valence-electron chi connectivity index (χ2n) is 7.47. The first kappa shape index (κ1) is 23.8. The minimum atomic E-state index is -4.79. The van der Waals surface area contributed by atoms with E-state index in [-0.39, 0.29) is 42.7 Å². The minimum Gasteiger partial charge on any atom is -0.465 e. The van der Waals surface area contributed by atoms with Crippen molar-refractivity contribution in [2.45, 2.75) is 38.5 Å². The number of piperidine rings is 1. The van der Waals surface area contributed by atoms with Crippen molar-refractivity contribution in [2.24, 2.45) is 5.92 Å². The zero-order chi connectivity index (χ0) is 23.5. The Morgan fingerprint density at radius 2 is 1.84 bits per heavy atom. The Morgan fingerprint density at radius 1 is 1.25 bits per heavy atom. The Bertz CT molecular complexity index is 1070. The molecule has 0 saturated carbocycles. The zero-order valence-corrected chi connectivity index (χ0v) is 18.0. The molecular weight excluding hydrogens is 453 g/mol. The van der Waals surface area contributed by atoms with Crippen molar-refractivity contribution in [1.82, 2.24) is 14.9 Å². The summed E-state index contributed by atoms with van der Waals surface area (Å²) in [5.41, 5.74) is 0.523. The highest BCUT2D eigenvalue weighted by molar-refractivity contribution is 7.92. The van der Waals surface area contributed by atoms with Gasteiger partial charge in [-0.05, 0) is 31.4 Å². The van der Waals surface area contributed by atoms with Crippen LogP contribution in [0.5, 0.6) is 5.88 Å². The number of anilines is 1. The second-order valence-corrected chi connectivity index (χ2v) is 9.32. The Hall–Kier alpha value is -2.83. The number of fused-ring (bicyclic) bond motifs is 1. The highest BCUT2D eigenvalue weighted by Crippen LogP contribution is 2.37. The van der Waals surface area contributed by atoms with Gasteiger partial charge in [0.25, 0.3) is 5.88 Å². The van der Waals surface area contributed by atoms with Crippen LogP contribution in [0.1, 0.15) is 26.2 Å². The molecule has 2 heterocycles. The highest BCUT2D eigenvalue weighted by Gasteiger charge is 2.48. The lowest BCUT2D eigenvalue weighted by atomic mass is 9.91. The van der Waals surface area contributed by atoms with Crippen LogP contribution in [0, 0.1) is 5.92 Å². The van der Waals surface area contributed by atoms with Gasteiger partial charge < -0.3 is 14.7 Å². The van der Waals surface area contributed by atoms with Crippen LogP contribution in [0.4, 0.5) is 23.8 Å². The molecule has 0 bridgehead atoms. The number of rotatable bonds is 7. The predicted octanol–water partition coefficient (Wildman–Crippen LogP) is 3.48. The van der Waals surface area contributed by atoms with Gasteiger partial charge in [0.1, 0.15) is 0 Å². The number of para-hydroxylation sites is 2. The maximum Gasteiger partial charge on any atom is 0.425 e. The van der Waals surface area contributed by atoms with Gasteiger partial charge >= 0.3 is 12.3 Å². The van der Waals surface area contributed by atoms with E-state index in [1.807, 2.05) is 0 Å². The molecular formula is C19H23F3N4O5S. The van der Waals surface area contributed by atoms with Gasteiger partial charge in [-0.25, -0.2) is 23.2 Å². The standard InChI is InChI=1S/C19H23F3N4O5S/c1-2-11-32(29,30)25-16-17(24-14-6-4-3-5-13(14)23-16)31-15(19(20,21)22)12-7-9-26(10-8-12)18(27)28/h3-6,12,15H,2,7-11H2,1H3,(H,23,25)(H,27,28). The number of nitrogens with one attached hydrogen (secondary N) is 1. The second kappa shape index (κ2) is 9.35. The number of sulfonamides is 1. The zero-order valence-electron chi connectivity index (χ0n) is 17.2. The maximum absolute atomic E-state index is 13.9. The molecule has 1 fully saturated rings. The van der Waals surface area contributed by atoms with Gasteiger partial charge in [0.15, 0.2) is 6.10 Å². The van der Waals surface area contributed by atoms with E-state index < -0.39 is 46.0 Å². The number of hydrogen-bond donors (Lipinski definition) is 2. The van der Waals surface area contributed by atoms with E-state index in [1.165, 1.54) is 6.07 Å². The fourth-order valence-electron chi connectivity index (χ4n) is 3.54. The number of ether oxygens (including phenoxy) is 1. The molecule has 0 aliphatic carbocycles. The monoisotopic (exact) mass is 476 g/mol. The Kier molecular flexibility index (Phi) is 6.96. The number of carboxylic acid groups (broad SMARTS) is 1. The minimum absolute atomic E-state index is 0.0602. The number of hydrogen-bond acceptors (Lipinski definition) is 6. The van der Waals surface area contributed by atoms with E-state index in [4.69, 9.17) is 9.84 Å². The molecule has 13 heteroatoms. The van der Waals surface area contributed by atoms with Gasteiger partial charge in [0, 0.05) is 19.0 Å². The number of halogens is 3. The molecule has 0 radical (unpaired) electrons. The van der Waals surface area contributed by atoms with Crippen LogP contribution in [-0.4, -0.2) is 65.6 Å². The van der Waals surface area contributed by atoms with Crippen molar-refractivity contribution in [1.29, 1.82) is 0 Å². The van der Waals surface area contributed by atoms with Crippen LogP contribution in [0.2, 0.25) is 0 Å². The molecule has 2 N–H and O–H groups in total. The van der Waals surface area contributed by atoms with Gasteiger partial charge in [-0.1, -0.05) is 19.1 Å². The van der Waals surface area contributed by atoms with E-state index in [1.54, 1.807) is 25.1 Å². The van der Waals surface area contributed by atoms with Crippen molar-refractivity contribution < 1.29 is 36.2 Å². The molecule has 9 nitrogen and oxygen atoms in total. The molecule has 1 aliphatic rings. The predicted molar refractivity (Wildman–Crippen MR) is 110 cm³/mol. The molecule has 1 amide bonds. The summed E-state index contributed by atoms with van der Waals surface area (Å²) in [6.45, 7) is 1.52. The van der Waals surface area contributed by atoms with Gasteiger partial charge in [-0.3, -0.25) is 4.72 Å². The number of aromatic nitrogens is 2. The van der Waals surface area contributed by atoms with Crippen LogP contribution in [-0.2, 0) is 10.0 Å². The summed E-state index contributed by atoms with van der Waals surface area (Å²) in [5, 5.41) is 9.04. The number of alkyl halides is 3. The summed E-state index contributed by atoms with van der Waals surface area (Å²) in [6, 6.07) is 6.32. The largest absolute Gasteiger partial charge is 0.465 e. The third-order valence-corrected chi connectivity index (χ3v) is 6.51. The topological polar surface area (TPSA) is 122 Å². The fraction of sp³-hybridized carbons (Fsp3) is 0.526. The summed E-state index contributed by atoms with van der Waals surface area (Å²) in [7, 11) is -3.87. The van der Waals surface area contributed by atoms with E-state index in [9.17, 15) is 26.4 Å². The van der Waals surface area contributed by atoms with Gasteiger partial charge in [0.05, 0.1) is 16.8 Å². The lowest BCUT2D eigenvalue weighted by Crippen LogP contribution is -2.47. The Balaban J connectivity index is 1.96. The molecule has 1 saturated heterocycles. The third kappa shape index (κ3) is 5.69. The first-order valence-electron chi connectivity index (χ1n) is 9.98. The average molecular weight is 476 g/mol. The number of benzene rings is 1. The number of nitrogens with zero attached hydrogens (tertiary/aromatic N) is 3. The van der Waals surface area contributed by atoms with Crippen molar-refractivity contribution >= 4 is 33.0 Å². The molecule has 0 spiro atoms. The van der Waals surface area contributed by atoms with Crippen molar-refractivity contribution in [3.05, 3.63) is 24.3 Å². The molecule has 1 aromatic carbocycles. The third-order valence-electron chi connectivity index (χ3n) is 5.06. The van der Waals surface area contributed by atoms with Gasteiger partial charge in [-0.2, -0.15) is 13.2 Å². The molecule has 1 atom stereocenters. The summed E-state index contributed by atoms with van der Waals surface area (Å²) in [6.07, 6.45) is -8.12. The lowest BCUT2D eigenvalue weighted by Gasteiger charge is -2.35. The SMILES string of the molecule is CCCS(=O)(=O)Nc1nc2ccccc2nc1OC(C1CCN(C(=O)O)CC1)C(F)(F)F. The summed E-state index contributed by atoms with van der Waals surface area (Å²) in [5.74, 6) is -2.28. The molecule has 1 aromatic heterocycles.